The van der Waals surface area contributed by atoms with Crippen LogP contribution in [0.4, 0.5) is 0 Å². The molecule has 15 heavy (non-hydrogen) atoms. The van der Waals surface area contributed by atoms with Crippen LogP contribution in [0.3, 0.4) is 0 Å². The molecule has 1 aromatic rings. The topological polar surface area (TPSA) is 20.2 Å². The van der Waals surface area contributed by atoms with Gasteiger partial charge in [0.2, 0.25) is 0 Å². The Morgan fingerprint density at radius 2 is 2.00 bits per heavy atom. The van der Waals surface area contributed by atoms with E-state index in [1.807, 2.05) is 6.07 Å². The first-order valence-electron chi connectivity index (χ1n) is 5.78. The van der Waals surface area contributed by atoms with Crippen LogP contribution >= 0.6 is 11.3 Å². The maximum absolute atomic E-state index is 10.7. The van der Waals surface area contributed by atoms with Crippen molar-refractivity contribution in [1.82, 2.24) is 0 Å². The third-order valence-electron chi connectivity index (χ3n) is 3.64. The molecular formula is C13H20OS. The summed E-state index contributed by atoms with van der Waals surface area (Å²) in [6.07, 6.45) is 5.35. The number of rotatable bonds is 1. The molecule has 1 N–H and O–H groups in total. The highest BCUT2D eigenvalue weighted by atomic mass is 32.1. The molecule has 1 nitrogen and oxygen atoms in total. The molecule has 84 valence electrons. The average Bonchev–Trinajstić information content (AvgIpc) is 2.64. The molecule has 1 aromatic heterocycles. The molecule has 1 fully saturated rings. The zero-order valence-electron chi connectivity index (χ0n) is 9.62. The number of hydrogen-bond acceptors (Lipinski definition) is 2. The summed E-state index contributed by atoms with van der Waals surface area (Å²) in [5.74, 6) is 0. The number of hydrogen-bond donors (Lipinski definition) is 1. The molecular weight excluding hydrogens is 204 g/mol. The SMILES string of the molecule is CC1(C)CCCC(O)(c2cccs2)CC1. The van der Waals surface area contributed by atoms with Gasteiger partial charge in [0.1, 0.15) is 0 Å². The maximum Gasteiger partial charge on any atom is 0.0988 e. The standard InChI is InChI=1S/C13H20OS/c1-12(2)6-4-7-13(14,9-8-12)11-5-3-10-15-11/h3,5,10,14H,4,6-9H2,1-2H3. The molecule has 0 amide bonds. The fourth-order valence-corrected chi connectivity index (χ4v) is 3.33. The van der Waals surface area contributed by atoms with E-state index in [1.165, 1.54) is 6.42 Å². The number of aliphatic hydroxyl groups is 1. The van der Waals surface area contributed by atoms with Crippen molar-refractivity contribution in [1.29, 1.82) is 0 Å². The van der Waals surface area contributed by atoms with Gasteiger partial charge in [-0.2, -0.15) is 0 Å². The second-order valence-electron chi connectivity index (χ2n) is 5.53. The smallest absolute Gasteiger partial charge is 0.0988 e. The highest BCUT2D eigenvalue weighted by Crippen LogP contribution is 2.43. The van der Waals surface area contributed by atoms with Crippen LogP contribution in [-0.4, -0.2) is 5.11 Å². The third-order valence-corrected chi connectivity index (χ3v) is 4.70. The van der Waals surface area contributed by atoms with Gasteiger partial charge in [0.25, 0.3) is 0 Å². The van der Waals surface area contributed by atoms with E-state index >= 15 is 0 Å². The highest BCUT2D eigenvalue weighted by molar-refractivity contribution is 7.10. The van der Waals surface area contributed by atoms with Gasteiger partial charge >= 0.3 is 0 Å². The summed E-state index contributed by atoms with van der Waals surface area (Å²) in [4.78, 5) is 1.15. The molecule has 0 spiro atoms. The van der Waals surface area contributed by atoms with Crippen molar-refractivity contribution < 1.29 is 5.11 Å². The highest BCUT2D eigenvalue weighted by Gasteiger charge is 2.35. The van der Waals surface area contributed by atoms with Crippen molar-refractivity contribution in [3.05, 3.63) is 22.4 Å². The van der Waals surface area contributed by atoms with E-state index in [0.717, 1.165) is 30.6 Å². The quantitative estimate of drug-likeness (QED) is 0.717. The van der Waals surface area contributed by atoms with Gasteiger partial charge in [-0.1, -0.05) is 19.9 Å². The molecule has 0 aliphatic heterocycles. The molecule has 0 saturated heterocycles. The Kier molecular flexibility index (Phi) is 2.91. The van der Waals surface area contributed by atoms with Crippen molar-refractivity contribution in [3.63, 3.8) is 0 Å². The van der Waals surface area contributed by atoms with Crippen molar-refractivity contribution in [3.8, 4) is 0 Å². The van der Waals surface area contributed by atoms with Crippen LogP contribution in [0.2, 0.25) is 0 Å². The van der Waals surface area contributed by atoms with Gasteiger partial charge < -0.3 is 5.11 Å². The van der Waals surface area contributed by atoms with Crippen LogP contribution < -0.4 is 0 Å². The Bertz CT molecular complexity index is 315. The Morgan fingerprint density at radius 3 is 2.67 bits per heavy atom. The molecule has 2 rings (SSSR count). The molecule has 0 radical (unpaired) electrons. The zero-order chi connectivity index (χ0) is 10.9. The van der Waals surface area contributed by atoms with E-state index in [-0.39, 0.29) is 0 Å². The lowest BCUT2D eigenvalue weighted by Crippen LogP contribution is -2.23. The predicted octanol–water partition coefficient (Wildman–Crippen LogP) is 3.93. The molecule has 1 saturated carbocycles. The first-order valence-corrected chi connectivity index (χ1v) is 6.66. The second-order valence-corrected chi connectivity index (χ2v) is 6.47. The lowest BCUT2D eigenvalue weighted by atomic mass is 9.84. The summed E-state index contributed by atoms with van der Waals surface area (Å²) < 4.78 is 0. The largest absolute Gasteiger partial charge is 0.384 e. The van der Waals surface area contributed by atoms with Crippen molar-refractivity contribution in [2.45, 2.75) is 51.6 Å². The molecule has 0 bridgehead atoms. The second kappa shape index (κ2) is 3.91. The maximum atomic E-state index is 10.7. The minimum atomic E-state index is -0.540. The van der Waals surface area contributed by atoms with Crippen molar-refractivity contribution >= 4 is 11.3 Å². The van der Waals surface area contributed by atoms with E-state index in [1.54, 1.807) is 11.3 Å². The fourth-order valence-electron chi connectivity index (χ4n) is 2.44. The van der Waals surface area contributed by atoms with Crippen LogP contribution in [0.5, 0.6) is 0 Å². The third kappa shape index (κ3) is 2.43. The lowest BCUT2D eigenvalue weighted by Gasteiger charge is -2.26. The summed E-state index contributed by atoms with van der Waals surface area (Å²) in [6.45, 7) is 4.63. The van der Waals surface area contributed by atoms with E-state index < -0.39 is 5.60 Å². The van der Waals surface area contributed by atoms with Crippen LogP contribution in [0.25, 0.3) is 0 Å². The predicted molar refractivity (Wildman–Crippen MR) is 65.1 cm³/mol. The minimum absolute atomic E-state index is 0.405. The summed E-state index contributed by atoms with van der Waals surface area (Å²) in [7, 11) is 0. The molecule has 2 heteroatoms. The van der Waals surface area contributed by atoms with E-state index in [0.29, 0.717) is 5.41 Å². The monoisotopic (exact) mass is 224 g/mol. The van der Waals surface area contributed by atoms with Gasteiger partial charge in [-0.05, 0) is 49.0 Å². The van der Waals surface area contributed by atoms with Crippen molar-refractivity contribution in [2.24, 2.45) is 5.41 Å². The van der Waals surface area contributed by atoms with Gasteiger partial charge in [0.05, 0.1) is 5.60 Å². The lowest BCUT2D eigenvalue weighted by molar-refractivity contribution is 0.0216. The molecule has 1 heterocycles. The molecule has 1 atom stereocenters. The molecule has 0 aromatic carbocycles. The van der Waals surface area contributed by atoms with Gasteiger partial charge in [-0.15, -0.1) is 11.3 Å². The van der Waals surface area contributed by atoms with E-state index in [2.05, 4.69) is 25.3 Å². The number of thiophene rings is 1. The van der Waals surface area contributed by atoms with Crippen LogP contribution in [0, 0.1) is 5.41 Å². The van der Waals surface area contributed by atoms with Gasteiger partial charge in [0, 0.05) is 4.88 Å². The zero-order valence-corrected chi connectivity index (χ0v) is 10.4. The summed E-state index contributed by atoms with van der Waals surface area (Å²) in [5, 5.41) is 12.7. The molecule has 1 aliphatic rings. The normalized spacial score (nSPS) is 31.1. The van der Waals surface area contributed by atoms with Crippen molar-refractivity contribution in [2.75, 3.05) is 0 Å². The minimum Gasteiger partial charge on any atom is -0.384 e. The van der Waals surface area contributed by atoms with Crippen LogP contribution in [0.15, 0.2) is 17.5 Å². The Hall–Kier alpha value is -0.340. The van der Waals surface area contributed by atoms with E-state index in [4.69, 9.17) is 0 Å². The molecule has 1 unspecified atom stereocenters. The Labute approximate surface area is 96.1 Å². The first-order chi connectivity index (χ1) is 7.02. The Balaban J connectivity index is 2.17. The summed E-state index contributed by atoms with van der Waals surface area (Å²) in [5.41, 5.74) is -0.135. The van der Waals surface area contributed by atoms with E-state index in [9.17, 15) is 5.11 Å². The summed E-state index contributed by atoms with van der Waals surface area (Å²) in [6, 6.07) is 4.11. The average molecular weight is 224 g/mol. The van der Waals surface area contributed by atoms with Gasteiger partial charge in [0.15, 0.2) is 0 Å². The molecule has 1 aliphatic carbocycles. The fraction of sp³-hybridized carbons (Fsp3) is 0.692. The van der Waals surface area contributed by atoms with Crippen LogP contribution in [0.1, 0.15) is 50.8 Å². The first kappa shape index (κ1) is 11.2. The van der Waals surface area contributed by atoms with Crippen LogP contribution in [-0.2, 0) is 5.60 Å². The Morgan fingerprint density at radius 1 is 1.20 bits per heavy atom. The van der Waals surface area contributed by atoms with Gasteiger partial charge in [-0.25, -0.2) is 0 Å². The van der Waals surface area contributed by atoms with Gasteiger partial charge in [-0.3, -0.25) is 0 Å². The summed E-state index contributed by atoms with van der Waals surface area (Å²) >= 11 is 1.69.